The smallest absolute Gasteiger partial charge is 0.259 e. The predicted molar refractivity (Wildman–Crippen MR) is 161 cm³/mol. The number of amides is 3. The van der Waals surface area contributed by atoms with Crippen molar-refractivity contribution in [3.63, 3.8) is 0 Å². The SMILES string of the molecule is COc1cccc(CN(C(=O)CN2C(=O)c3cccc4cccc2c34)C(Cc2ccccc2)C(=O)NC(C)(C)C)c1. The van der Waals surface area contributed by atoms with Crippen molar-refractivity contribution in [1.29, 1.82) is 0 Å². The second-order valence-corrected chi connectivity index (χ2v) is 11.4. The molecule has 0 saturated carbocycles. The molecule has 1 aliphatic rings. The van der Waals surface area contributed by atoms with Crippen molar-refractivity contribution in [1.82, 2.24) is 10.2 Å². The summed E-state index contributed by atoms with van der Waals surface area (Å²) in [4.78, 5) is 44.8. The number of carbonyl (C=O) groups is 3. The Balaban J connectivity index is 1.53. The average molecular weight is 550 g/mol. The highest BCUT2D eigenvalue weighted by Crippen LogP contribution is 2.37. The second-order valence-electron chi connectivity index (χ2n) is 11.4. The molecule has 1 heterocycles. The largest absolute Gasteiger partial charge is 0.497 e. The third-order valence-electron chi connectivity index (χ3n) is 7.20. The number of benzene rings is 4. The Morgan fingerprint density at radius 3 is 2.29 bits per heavy atom. The van der Waals surface area contributed by atoms with E-state index in [0.717, 1.165) is 21.9 Å². The highest BCUT2D eigenvalue weighted by atomic mass is 16.5. The molecule has 0 aromatic heterocycles. The third-order valence-corrected chi connectivity index (χ3v) is 7.20. The molecular weight excluding hydrogens is 514 g/mol. The van der Waals surface area contributed by atoms with Gasteiger partial charge in [0.1, 0.15) is 18.3 Å². The fourth-order valence-corrected chi connectivity index (χ4v) is 5.34. The molecular formula is C34H35N3O4. The van der Waals surface area contributed by atoms with Crippen molar-refractivity contribution in [2.24, 2.45) is 0 Å². The lowest BCUT2D eigenvalue weighted by molar-refractivity contribution is -0.140. The first-order valence-corrected chi connectivity index (χ1v) is 13.8. The molecule has 4 aromatic rings. The number of rotatable bonds is 9. The minimum absolute atomic E-state index is 0.171. The van der Waals surface area contributed by atoms with Gasteiger partial charge < -0.3 is 15.0 Å². The normalized spacial score (nSPS) is 13.3. The lowest BCUT2D eigenvalue weighted by Gasteiger charge is -2.34. The Bertz CT molecular complexity index is 1590. The van der Waals surface area contributed by atoms with Gasteiger partial charge in [-0.05, 0) is 61.5 Å². The van der Waals surface area contributed by atoms with Gasteiger partial charge >= 0.3 is 0 Å². The molecule has 7 nitrogen and oxygen atoms in total. The van der Waals surface area contributed by atoms with Crippen LogP contribution in [-0.2, 0) is 22.6 Å². The summed E-state index contributed by atoms with van der Waals surface area (Å²) in [6.07, 6.45) is 0.322. The van der Waals surface area contributed by atoms with Crippen LogP contribution in [0, 0.1) is 0 Å². The summed E-state index contributed by atoms with van der Waals surface area (Å²) in [5.74, 6) is -0.137. The maximum absolute atomic E-state index is 14.3. The van der Waals surface area contributed by atoms with Crippen LogP contribution in [0.1, 0.15) is 42.3 Å². The molecule has 41 heavy (non-hydrogen) atoms. The summed E-state index contributed by atoms with van der Waals surface area (Å²) in [5.41, 5.74) is 2.53. The van der Waals surface area contributed by atoms with Crippen LogP contribution in [0.25, 0.3) is 10.8 Å². The molecule has 1 aliphatic heterocycles. The van der Waals surface area contributed by atoms with Crippen LogP contribution in [0.2, 0.25) is 0 Å². The number of carbonyl (C=O) groups excluding carboxylic acids is 3. The quantitative estimate of drug-likeness (QED) is 0.305. The molecule has 0 spiro atoms. The van der Waals surface area contributed by atoms with Crippen molar-refractivity contribution in [2.45, 2.75) is 45.3 Å². The van der Waals surface area contributed by atoms with Gasteiger partial charge in [-0.3, -0.25) is 19.3 Å². The van der Waals surface area contributed by atoms with Crippen molar-refractivity contribution in [3.8, 4) is 5.75 Å². The molecule has 7 heteroatoms. The maximum Gasteiger partial charge on any atom is 0.259 e. The molecule has 1 unspecified atom stereocenters. The fraction of sp³-hybridized carbons (Fsp3) is 0.265. The summed E-state index contributed by atoms with van der Waals surface area (Å²) in [6, 6.07) is 27.6. The highest BCUT2D eigenvalue weighted by Gasteiger charge is 2.36. The molecule has 0 radical (unpaired) electrons. The van der Waals surface area contributed by atoms with E-state index < -0.39 is 11.6 Å². The summed E-state index contributed by atoms with van der Waals surface area (Å²) in [5, 5.41) is 4.87. The minimum Gasteiger partial charge on any atom is -0.497 e. The van der Waals surface area contributed by atoms with Gasteiger partial charge in [-0.15, -0.1) is 0 Å². The summed E-state index contributed by atoms with van der Waals surface area (Å²) < 4.78 is 5.42. The van der Waals surface area contributed by atoms with E-state index in [4.69, 9.17) is 4.74 Å². The van der Waals surface area contributed by atoms with Gasteiger partial charge in [0.05, 0.1) is 12.8 Å². The minimum atomic E-state index is -0.814. The van der Waals surface area contributed by atoms with Crippen molar-refractivity contribution in [2.75, 3.05) is 18.6 Å². The zero-order valence-electron chi connectivity index (χ0n) is 23.9. The van der Waals surface area contributed by atoms with Gasteiger partial charge in [0.2, 0.25) is 11.8 Å². The average Bonchev–Trinajstić information content (AvgIpc) is 3.22. The molecule has 1 N–H and O–H groups in total. The monoisotopic (exact) mass is 549 g/mol. The number of hydrogen-bond acceptors (Lipinski definition) is 4. The maximum atomic E-state index is 14.3. The first-order valence-electron chi connectivity index (χ1n) is 13.8. The molecule has 0 saturated heterocycles. The van der Waals surface area contributed by atoms with Crippen LogP contribution in [-0.4, -0.2) is 47.9 Å². The van der Waals surface area contributed by atoms with E-state index in [1.165, 1.54) is 4.90 Å². The topological polar surface area (TPSA) is 79.0 Å². The van der Waals surface area contributed by atoms with Crippen molar-refractivity contribution in [3.05, 3.63) is 108 Å². The van der Waals surface area contributed by atoms with Gasteiger partial charge in [-0.2, -0.15) is 0 Å². The summed E-state index contributed by atoms with van der Waals surface area (Å²) in [7, 11) is 1.59. The van der Waals surface area contributed by atoms with Gasteiger partial charge in [0, 0.05) is 29.5 Å². The van der Waals surface area contributed by atoms with Crippen LogP contribution >= 0.6 is 0 Å². The van der Waals surface area contributed by atoms with E-state index in [2.05, 4.69) is 5.32 Å². The number of methoxy groups -OCH3 is 1. The van der Waals surface area contributed by atoms with Crippen LogP contribution < -0.4 is 15.0 Å². The van der Waals surface area contributed by atoms with Gasteiger partial charge in [-0.25, -0.2) is 0 Å². The van der Waals surface area contributed by atoms with Crippen molar-refractivity contribution >= 4 is 34.2 Å². The molecule has 0 fully saturated rings. The lowest BCUT2D eigenvalue weighted by Crippen LogP contribution is -2.56. The van der Waals surface area contributed by atoms with E-state index in [9.17, 15) is 14.4 Å². The zero-order valence-corrected chi connectivity index (χ0v) is 23.9. The number of anilines is 1. The van der Waals surface area contributed by atoms with Gasteiger partial charge in [0.25, 0.3) is 5.91 Å². The highest BCUT2D eigenvalue weighted by molar-refractivity contribution is 6.26. The standard InChI is InChI=1S/C34H35N3O4/c1-34(2,3)35-32(39)29(20-23-11-6-5-7-12-23)36(21-24-13-8-16-26(19-24)41-4)30(38)22-37-28-18-10-15-25-14-9-17-27(31(25)28)33(37)40/h5-19,29H,20-22H2,1-4H3,(H,35,39). The van der Waals surface area contributed by atoms with Gasteiger partial charge in [0.15, 0.2) is 0 Å². The number of nitrogens with zero attached hydrogens (tertiary/aromatic N) is 2. The van der Waals surface area contributed by atoms with E-state index in [1.54, 1.807) is 18.1 Å². The van der Waals surface area contributed by atoms with Crippen LogP contribution in [0.15, 0.2) is 91.0 Å². The zero-order chi connectivity index (χ0) is 29.1. The Hall–Kier alpha value is -4.65. The Kier molecular flexibility index (Phi) is 7.79. The van der Waals surface area contributed by atoms with Crippen LogP contribution in [0.5, 0.6) is 5.75 Å². The summed E-state index contributed by atoms with van der Waals surface area (Å²) in [6.45, 7) is 5.73. The first-order chi connectivity index (χ1) is 19.6. The molecule has 1 atom stereocenters. The Labute approximate surface area is 240 Å². The number of nitrogens with one attached hydrogen (secondary N) is 1. The van der Waals surface area contributed by atoms with Gasteiger partial charge in [-0.1, -0.05) is 66.7 Å². The Morgan fingerprint density at radius 2 is 1.59 bits per heavy atom. The fourth-order valence-electron chi connectivity index (χ4n) is 5.34. The summed E-state index contributed by atoms with van der Waals surface area (Å²) >= 11 is 0. The second kappa shape index (κ2) is 11.5. The number of hydrogen-bond donors (Lipinski definition) is 1. The number of ether oxygens (including phenoxy) is 1. The molecule has 0 bridgehead atoms. The van der Waals surface area contributed by atoms with E-state index >= 15 is 0 Å². The van der Waals surface area contributed by atoms with Crippen molar-refractivity contribution < 1.29 is 19.1 Å². The predicted octanol–water partition coefficient (Wildman–Crippen LogP) is 5.36. The molecule has 5 rings (SSSR count). The lowest BCUT2D eigenvalue weighted by atomic mass is 10.0. The third kappa shape index (κ3) is 6.09. The van der Waals surface area contributed by atoms with E-state index in [0.29, 0.717) is 23.4 Å². The van der Waals surface area contributed by atoms with E-state index in [-0.39, 0.29) is 30.8 Å². The molecule has 210 valence electrons. The molecule has 3 amide bonds. The van der Waals surface area contributed by atoms with Crippen LogP contribution in [0.3, 0.4) is 0 Å². The Morgan fingerprint density at radius 1 is 0.902 bits per heavy atom. The van der Waals surface area contributed by atoms with E-state index in [1.807, 2.05) is 106 Å². The first kappa shape index (κ1) is 27.9. The van der Waals surface area contributed by atoms with Crippen LogP contribution in [0.4, 0.5) is 5.69 Å². The molecule has 4 aromatic carbocycles. The molecule has 0 aliphatic carbocycles.